The van der Waals surface area contributed by atoms with Gasteiger partial charge in [0.05, 0.1) is 6.42 Å². The van der Waals surface area contributed by atoms with Crippen LogP contribution in [-0.4, -0.2) is 18.1 Å². The Balaban J connectivity index is 2.04. The molecule has 0 aliphatic heterocycles. The standard InChI is InChI=1S/C16H17NO3/c1-17-14-6-8-15(9-7-14)20-11-13-5-3-2-4-12(13)10-16(18)19/h2-9,17H,10-11H2,1H3,(H,18,19). The molecular formula is C16H17NO3. The largest absolute Gasteiger partial charge is 0.489 e. The molecule has 2 aromatic rings. The van der Waals surface area contributed by atoms with Gasteiger partial charge in [-0.25, -0.2) is 0 Å². The van der Waals surface area contributed by atoms with Crippen molar-refractivity contribution in [1.29, 1.82) is 0 Å². The summed E-state index contributed by atoms with van der Waals surface area (Å²) in [6.07, 6.45) is 0.0121. The van der Waals surface area contributed by atoms with Gasteiger partial charge in [-0.1, -0.05) is 24.3 Å². The highest BCUT2D eigenvalue weighted by Crippen LogP contribution is 2.18. The van der Waals surface area contributed by atoms with E-state index in [9.17, 15) is 4.79 Å². The fourth-order valence-corrected chi connectivity index (χ4v) is 1.91. The number of carbonyl (C=O) groups is 1. The fourth-order valence-electron chi connectivity index (χ4n) is 1.91. The number of hydrogen-bond donors (Lipinski definition) is 2. The molecule has 0 bridgehead atoms. The molecule has 2 rings (SSSR count). The summed E-state index contributed by atoms with van der Waals surface area (Å²) in [6, 6.07) is 15.0. The van der Waals surface area contributed by atoms with E-state index in [0.29, 0.717) is 6.61 Å². The van der Waals surface area contributed by atoms with Crippen LogP contribution in [0, 0.1) is 0 Å². The van der Waals surface area contributed by atoms with Crippen molar-refractivity contribution in [3.8, 4) is 5.75 Å². The van der Waals surface area contributed by atoms with Crippen molar-refractivity contribution in [2.75, 3.05) is 12.4 Å². The third-order valence-electron chi connectivity index (χ3n) is 3.00. The molecule has 0 amide bonds. The van der Waals surface area contributed by atoms with Gasteiger partial charge in [0.1, 0.15) is 12.4 Å². The Bertz CT molecular complexity index is 579. The maximum atomic E-state index is 10.8. The van der Waals surface area contributed by atoms with Crippen LogP contribution in [-0.2, 0) is 17.8 Å². The number of hydrogen-bond acceptors (Lipinski definition) is 3. The van der Waals surface area contributed by atoms with Crippen molar-refractivity contribution in [1.82, 2.24) is 0 Å². The number of nitrogens with one attached hydrogen (secondary N) is 1. The van der Waals surface area contributed by atoms with E-state index < -0.39 is 5.97 Å². The molecule has 2 aromatic carbocycles. The van der Waals surface area contributed by atoms with Gasteiger partial charge in [0.15, 0.2) is 0 Å². The Morgan fingerprint density at radius 2 is 1.75 bits per heavy atom. The lowest BCUT2D eigenvalue weighted by atomic mass is 10.1. The fraction of sp³-hybridized carbons (Fsp3) is 0.188. The van der Waals surface area contributed by atoms with Gasteiger partial charge >= 0.3 is 5.97 Å². The number of benzene rings is 2. The quantitative estimate of drug-likeness (QED) is 0.848. The van der Waals surface area contributed by atoms with E-state index >= 15 is 0 Å². The van der Waals surface area contributed by atoms with E-state index in [4.69, 9.17) is 9.84 Å². The zero-order chi connectivity index (χ0) is 14.4. The summed E-state index contributed by atoms with van der Waals surface area (Å²) in [5, 5.41) is 11.9. The Morgan fingerprint density at radius 3 is 2.35 bits per heavy atom. The molecule has 0 aromatic heterocycles. The number of aliphatic carboxylic acids is 1. The minimum Gasteiger partial charge on any atom is -0.489 e. The predicted molar refractivity (Wildman–Crippen MR) is 78.1 cm³/mol. The first-order valence-corrected chi connectivity index (χ1v) is 6.38. The molecule has 104 valence electrons. The van der Waals surface area contributed by atoms with Crippen LogP contribution >= 0.6 is 0 Å². The molecule has 4 heteroatoms. The number of carboxylic acids is 1. The van der Waals surface area contributed by atoms with Crippen molar-refractivity contribution in [3.05, 3.63) is 59.7 Å². The van der Waals surface area contributed by atoms with E-state index in [1.165, 1.54) is 0 Å². The number of anilines is 1. The first kappa shape index (κ1) is 13.9. The lowest BCUT2D eigenvalue weighted by Gasteiger charge is -2.10. The molecule has 0 saturated heterocycles. The monoisotopic (exact) mass is 271 g/mol. The molecule has 0 fully saturated rings. The Morgan fingerprint density at radius 1 is 1.10 bits per heavy atom. The number of rotatable bonds is 6. The van der Waals surface area contributed by atoms with E-state index in [0.717, 1.165) is 22.6 Å². The number of carboxylic acid groups (broad SMARTS) is 1. The van der Waals surface area contributed by atoms with Crippen molar-refractivity contribution < 1.29 is 14.6 Å². The van der Waals surface area contributed by atoms with E-state index in [1.54, 1.807) is 0 Å². The smallest absolute Gasteiger partial charge is 0.307 e. The topological polar surface area (TPSA) is 58.6 Å². The molecule has 20 heavy (non-hydrogen) atoms. The number of ether oxygens (including phenoxy) is 1. The molecule has 0 heterocycles. The minimum atomic E-state index is -0.837. The van der Waals surface area contributed by atoms with Gasteiger partial charge in [-0.2, -0.15) is 0 Å². The summed E-state index contributed by atoms with van der Waals surface area (Å²) in [6.45, 7) is 0.363. The van der Waals surface area contributed by atoms with Crippen LogP contribution in [0.15, 0.2) is 48.5 Å². The van der Waals surface area contributed by atoms with Crippen LogP contribution in [0.25, 0.3) is 0 Å². The van der Waals surface area contributed by atoms with Crippen molar-refractivity contribution in [2.45, 2.75) is 13.0 Å². The van der Waals surface area contributed by atoms with Gasteiger partial charge in [-0.3, -0.25) is 4.79 Å². The van der Waals surface area contributed by atoms with Gasteiger partial charge < -0.3 is 15.2 Å². The molecular weight excluding hydrogens is 254 g/mol. The van der Waals surface area contributed by atoms with E-state index in [-0.39, 0.29) is 6.42 Å². The molecule has 0 saturated carbocycles. The third-order valence-corrected chi connectivity index (χ3v) is 3.00. The zero-order valence-corrected chi connectivity index (χ0v) is 11.3. The Kier molecular flexibility index (Phi) is 4.60. The van der Waals surface area contributed by atoms with Crippen LogP contribution in [0.3, 0.4) is 0 Å². The van der Waals surface area contributed by atoms with Crippen molar-refractivity contribution in [2.24, 2.45) is 0 Å². The lowest BCUT2D eigenvalue weighted by Crippen LogP contribution is -2.05. The Hall–Kier alpha value is -2.49. The van der Waals surface area contributed by atoms with Crippen molar-refractivity contribution >= 4 is 11.7 Å². The summed E-state index contributed by atoms with van der Waals surface area (Å²) in [4.78, 5) is 10.8. The van der Waals surface area contributed by atoms with Crippen LogP contribution in [0.1, 0.15) is 11.1 Å². The molecule has 0 radical (unpaired) electrons. The van der Waals surface area contributed by atoms with E-state index in [1.807, 2.05) is 55.6 Å². The van der Waals surface area contributed by atoms with Gasteiger partial charge in [-0.05, 0) is 35.4 Å². The average molecular weight is 271 g/mol. The van der Waals surface area contributed by atoms with Crippen LogP contribution in [0.2, 0.25) is 0 Å². The van der Waals surface area contributed by atoms with Gasteiger partial charge in [-0.15, -0.1) is 0 Å². The highest BCUT2D eigenvalue weighted by molar-refractivity contribution is 5.70. The maximum absolute atomic E-state index is 10.8. The molecule has 0 spiro atoms. The summed E-state index contributed by atoms with van der Waals surface area (Å²) < 4.78 is 5.69. The molecule has 0 atom stereocenters. The van der Waals surface area contributed by atoms with Gasteiger partial charge in [0.2, 0.25) is 0 Å². The maximum Gasteiger partial charge on any atom is 0.307 e. The van der Waals surface area contributed by atoms with Crippen molar-refractivity contribution in [3.63, 3.8) is 0 Å². The molecule has 2 N–H and O–H groups in total. The minimum absolute atomic E-state index is 0.0121. The first-order valence-electron chi connectivity index (χ1n) is 6.38. The highest BCUT2D eigenvalue weighted by Gasteiger charge is 2.06. The van der Waals surface area contributed by atoms with Gasteiger partial charge in [0.25, 0.3) is 0 Å². The van der Waals surface area contributed by atoms with Crippen LogP contribution in [0.4, 0.5) is 5.69 Å². The average Bonchev–Trinajstić information content (AvgIpc) is 2.46. The molecule has 4 nitrogen and oxygen atoms in total. The highest BCUT2D eigenvalue weighted by atomic mass is 16.5. The van der Waals surface area contributed by atoms with Crippen LogP contribution < -0.4 is 10.1 Å². The second kappa shape index (κ2) is 6.61. The lowest BCUT2D eigenvalue weighted by molar-refractivity contribution is -0.136. The Labute approximate surface area is 118 Å². The molecule has 0 aliphatic carbocycles. The zero-order valence-electron chi connectivity index (χ0n) is 11.3. The molecule has 0 unspecified atom stereocenters. The first-order chi connectivity index (χ1) is 9.69. The summed E-state index contributed by atoms with van der Waals surface area (Å²) in [5.41, 5.74) is 2.70. The third kappa shape index (κ3) is 3.75. The second-order valence-electron chi connectivity index (χ2n) is 4.40. The predicted octanol–water partition coefficient (Wildman–Crippen LogP) is 2.93. The SMILES string of the molecule is CNc1ccc(OCc2ccccc2CC(=O)O)cc1. The summed E-state index contributed by atoms with van der Waals surface area (Å²) in [5.74, 6) is -0.0787. The summed E-state index contributed by atoms with van der Waals surface area (Å²) in [7, 11) is 1.86. The second-order valence-corrected chi connectivity index (χ2v) is 4.40. The summed E-state index contributed by atoms with van der Waals surface area (Å²) >= 11 is 0. The van der Waals surface area contributed by atoms with E-state index in [2.05, 4.69) is 5.32 Å². The van der Waals surface area contributed by atoms with Gasteiger partial charge in [0, 0.05) is 12.7 Å². The normalized spacial score (nSPS) is 10.1. The van der Waals surface area contributed by atoms with Crippen LogP contribution in [0.5, 0.6) is 5.75 Å². The molecule has 0 aliphatic rings.